The minimum atomic E-state index is -1.09. The topological polar surface area (TPSA) is 50.4 Å². The summed E-state index contributed by atoms with van der Waals surface area (Å²) in [6.07, 6.45) is 0.602. The summed E-state index contributed by atoms with van der Waals surface area (Å²) < 4.78 is 5.36. The van der Waals surface area contributed by atoms with Crippen LogP contribution in [0, 0.1) is 5.92 Å². The van der Waals surface area contributed by atoms with Gasteiger partial charge in [0.05, 0.1) is 5.02 Å². The number of furan rings is 1. The van der Waals surface area contributed by atoms with E-state index in [0.717, 1.165) is 0 Å². The van der Waals surface area contributed by atoms with E-state index < -0.39 is 5.97 Å². The quantitative estimate of drug-likeness (QED) is 0.894. The molecule has 1 heterocycles. The first-order valence-electron chi connectivity index (χ1n) is 5.54. The van der Waals surface area contributed by atoms with Gasteiger partial charge in [0.2, 0.25) is 5.76 Å². The molecule has 0 atom stereocenters. The normalized spacial score (nSPS) is 11.4. The Hall–Kier alpha value is -1.19. The van der Waals surface area contributed by atoms with Gasteiger partial charge in [-0.1, -0.05) is 37.0 Å². The van der Waals surface area contributed by atoms with E-state index in [1.807, 2.05) is 13.8 Å². The highest BCUT2D eigenvalue weighted by Gasteiger charge is 2.22. The number of halogens is 2. The Balaban J connectivity index is 2.76. The molecule has 1 aromatic heterocycles. The molecule has 1 aromatic carbocycles. The molecule has 0 aliphatic heterocycles. The molecular weight excluding hydrogens is 275 g/mol. The van der Waals surface area contributed by atoms with Crippen LogP contribution in [0.25, 0.3) is 11.0 Å². The number of carboxylic acid groups (broad SMARTS) is 1. The molecule has 2 rings (SSSR count). The number of aromatic carboxylic acids is 1. The third kappa shape index (κ3) is 2.33. The summed E-state index contributed by atoms with van der Waals surface area (Å²) in [6, 6.07) is 3.23. The lowest BCUT2D eigenvalue weighted by Gasteiger charge is -2.03. The average molecular weight is 287 g/mol. The van der Waals surface area contributed by atoms with Crippen molar-refractivity contribution in [1.82, 2.24) is 0 Å². The molecule has 0 spiro atoms. The smallest absolute Gasteiger partial charge is 0.372 e. The Morgan fingerprint density at radius 1 is 1.39 bits per heavy atom. The summed E-state index contributed by atoms with van der Waals surface area (Å²) >= 11 is 12.0. The van der Waals surface area contributed by atoms with E-state index in [2.05, 4.69) is 0 Å². The molecule has 0 aliphatic rings. The van der Waals surface area contributed by atoms with Crippen LogP contribution < -0.4 is 0 Å². The number of hydrogen-bond acceptors (Lipinski definition) is 2. The van der Waals surface area contributed by atoms with Crippen molar-refractivity contribution in [3.63, 3.8) is 0 Å². The zero-order valence-electron chi connectivity index (χ0n) is 9.96. The summed E-state index contributed by atoms with van der Waals surface area (Å²) in [4.78, 5) is 11.2. The fourth-order valence-corrected chi connectivity index (χ4v) is 2.49. The predicted octanol–water partition coefficient (Wildman–Crippen LogP) is 4.64. The largest absolute Gasteiger partial charge is 0.475 e. The monoisotopic (exact) mass is 286 g/mol. The molecule has 3 nitrogen and oxygen atoms in total. The summed E-state index contributed by atoms with van der Waals surface area (Å²) in [7, 11) is 0. The van der Waals surface area contributed by atoms with E-state index in [1.165, 1.54) is 0 Å². The summed E-state index contributed by atoms with van der Waals surface area (Å²) in [5.74, 6) is -0.835. The lowest BCUT2D eigenvalue weighted by atomic mass is 10.00. The Labute approximate surface area is 114 Å². The van der Waals surface area contributed by atoms with Crippen molar-refractivity contribution in [1.29, 1.82) is 0 Å². The van der Waals surface area contributed by atoms with Gasteiger partial charge in [-0.3, -0.25) is 0 Å². The van der Waals surface area contributed by atoms with E-state index in [1.54, 1.807) is 12.1 Å². The highest BCUT2D eigenvalue weighted by Crippen LogP contribution is 2.35. The van der Waals surface area contributed by atoms with Gasteiger partial charge in [-0.2, -0.15) is 0 Å². The summed E-state index contributed by atoms with van der Waals surface area (Å²) in [5.41, 5.74) is 1.03. The number of rotatable bonds is 3. The van der Waals surface area contributed by atoms with Crippen molar-refractivity contribution < 1.29 is 14.3 Å². The fraction of sp³-hybridized carbons (Fsp3) is 0.308. The molecule has 0 amide bonds. The highest BCUT2D eigenvalue weighted by atomic mass is 35.5. The zero-order valence-corrected chi connectivity index (χ0v) is 11.5. The van der Waals surface area contributed by atoms with Crippen LogP contribution in [0.2, 0.25) is 10.0 Å². The van der Waals surface area contributed by atoms with Gasteiger partial charge in [0.1, 0.15) is 0 Å². The van der Waals surface area contributed by atoms with Crippen LogP contribution in [0.3, 0.4) is 0 Å². The molecular formula is C13H12Cl2O3. The summed E-state index contributed by atoms with van der Waals surface area (Å²) in [5, 5.41) is 10.6. The number of benzene rings is 1. The van der Waals surface area contributed by atoms with Crippen LogP contribution in [-0.2, 0) is 6.42 Å². The van der Waals surface area contributed by atoms with Gasteiger partial charge in [-0.15, -0.1) is 0 Å². The van der Waals surface area contributed by atoms with Gasteiger partial charge in [-0.05, 0) is 24.5 Å². The van der Waals surface area contributed by atoms with E-state index in [4.69, 9.17) is 32.7 Å². The number of carbonyl (C=O) groups is 1. The van der Waals surface area contributed by atoms with Gasteiger partial charge in [-0.25, -0.2) is 4.79 Å². The van der Waals surface area contributed by atoms with Crippen LogP contribution in [0.5, 0.6) is 0 Å². The number of hydrogen-bond donors (Lipinski definition) is 1. The third-order valence-corrected chi connectivity index (χ3v) is 3.12. The second-order valence-corrected chi connectivity index (χ2v) is 5.42. The highest BCUT2D eigenvalue weighted by molar-refractivity contribution is 6.38. The average Bonchev–Trinajstić information content (AvgIpc) is 2.57. The van der Waals surface area contributed by atoms with Crippen molar-refractivity contribution in [3.05, 3.63) is 33.5 Å². The maximum absolute atomic E-state index is 11.2. The zero-order chi connectivity index (χ0) is 13.4. The Morgan fingerprint density at radius 2 is 2.06 bits per heavy atom. The van der Waals surface area contributed by atoms with Gasteiger partial charge in [0.15, 0.2) is 5.58 Å². The first-order chi connectivity index (χ1) is 8.40. The van der Waals surface area contributed by atoms with E-state index in [-0.39, 0.29) is 5.76 Å². The van der Waals surface area contributed by atoms with Crippen LogP contribution in [-0.4, -0.2) is 11.1 Å². The molecule has 18 heavy (non-hydrogen) atoms. The van der Waals surface area contributed by atoms with Crippen molar-refractivity contribution >= 4 is 40.1 Å². The fourth-order valence-electron chi connectivity index (χ4n) is 1.96. The molecule has 0 bridgehead atoms. The number of fused-ring (bicyclic) bond motifs is 1. The molecule has 0 saturated heterocycles. The van der Waals surface area contributed by atoms with E-state index in [9.17, 15) is 4.79 Å². The van der Waals surface area contributed by atoms with Crippen LogP contribution >= 0.6 is 23.2 Å². The standard InChI is InChI=1S/C13H12Cl2O3/c1-6(2)3-8-9-4-7(14)5-10(15)11(9)18-12(8)13(16)17/h4-6H,3H2,1-2H3,(H,16,17). The molecule has 0 aliphatic carbocycles. The molecule has 0 radical (unpaired) electrons. The van der Waals surface area contributed by atoms with Gasteiger partial charge >= 0.3 is 5.97 Å². The number of carboxylic acids is 1. The van der Waals surface area contributed by atoms with Crippen molar-refractivity contribution in [2.24, 2.45) is 5.92 Å². The van der Waals surface area contributed by atoms with Crippen molar-refractivity contribution in [2.45, 2.75) is 20.3 Å². The third-order valence-electron chi connectivity index (χ3n) is 2.62. The molecule has 1 N–H and O–H groups in total. The predicted molar refractivity (Wildman–Crippen MR) is 71.7 cm³/mol. The van der Waals surface area contributed by atoms with Crippen LogP contribution in [0.15, 0.2) is 16.5 Å². The van der Waals surface area contributed by atoms with Crippen molar-refractivity contribution in [2.75, 3.05) is 0 Å². The molecule has 0 unspecified atom stereocenters. The van der Waals surface area contributed by atoms with Crippen LogP contribution in [0.1, 0.15) is 30.0 Å². The summed E-state index contributed by atoms with van der Waals surface area (Å²) in [6.45, 7) is 4.02. The Kier molecular flexibility index (Phi) is 3.55. The second-order valence-electron chi connectivity index (χ2n) is 4.58. The second kappa shape index (κ2) is 4.82. The van der Waals surface area contributed by atoms with Gasteiger partial charge < -0.3 is 9.52 Å². The maximum atomic E-state index is 11.2. The van der Waals surface area contributed by atoms with E-state index >= 15 is 0 Å². The lowest BCUT2D eigenvalue weighted by molar-refractivity contribution is 0.0663. The van der Waals surface area contributed by atoms with Crippen LogP contribution in [0.4, 0.5) is 0 Å². The minimum absolute atomic E-state index is 0.0529. The molecule has 0 saturated carbocycles. The maximum Gasteiger partial charge on any atom is 0.372 e. The van der Waals surface area contributed by atoms with E-state index in [0.29, 0.717) is 38.9 Å². The van der Waals surface area contributed by atoms with Crippen molar-refractivity contribution in [3.8, 4) is 0 Å². The first kappa shape index (κ1) is 13.2. The lowest BCUT2D eigenvalue weighted by Crippen LogP contribution is -2.02. The minimum Gasteiger partial charge on any atom is -0.475 e. The Bertz CT molecular complexity index is 614. The van der Waals surface area contributed by atoms with Gasteiger partial charge in [0.25, 0.3) is 0 Å². The molecule has 0 fully saturated rings. The molecule has 5 heteroatoms. The molecule has 2 aromatic rings. The first-order valence-corrected chi connectivity index (χ1v) is 6.29. The Morgan fingerprint density at radius 3 is 2.61 bits per heavy atom. The molecule has 96 valence electrons. The SMILES string of the molecule is CC(C)Cc1c(C(=O)O)oc2c(Cl)cc(Cl)cc12. The van der Waals surface area contributed by atoms with Gasteiger partial charge in [0, 0.05) is 16.0 Å².